The van der Waals surface area contributed by atoms with Crippen molar-refractivity contribution in [2.24, 2.45) is 11.3 Å². The molecule has 0 atom stereocenters. The molecule has 104 valence electrons. The summed E-state index contributed by atoms with van der Waals surface area (Å²) in [5.74, 6) is 0.943. The molecule has 1 rings (SSSR count). The number of hydrogen-bond donors (Lipinski definition) is 1. The van der Waals surface area contributed by atoms with Gasteiger partial charge in [-0.05, 0) is 31.6 Å². The lowest BCUT2D eigenvalue weighted by Crippen LogP contribution is -2.39. The fourth-order valence-corrected chi connectivity index (χ4v) is 3.17. The number of carbonyl (C=O) groups is 1. The number of rotatable bonds is 6. The maximum atomic E-state index is 12.4. The molecule has 0 saturated heterocycles. The molecule has 0 bridgehead atoms. The molecular weight excluding hydrogens is 222 g/mol. The zero-order valence-electron chi connectivity index (χ0n) is 12.7. The average Bonchev–Trinajstić information content (AvgIpc) is 2.36. The Hall–Kier alpha value is -0.790. The standard InChI is InChI=1S/C16H29NO/c1-6-14(18)15-13(11-12(4)5)17-10-9-16(15,7-2)8-3/h12,17H,6-11H2,1-5H3. The van der Waals surface area contributed by atoms with Crippen LogP contribution in [0, 0.1) is 11.3 Å². The Morgan fingerprint density at radius 2 is 1.89 bits per heavy atom. The van der Waals surface area contributed by atoms with Gasteiger partial charge in [0.1, 0.15) is 0 Å². The molecule has 2 heteroatoms. The van der Waals surface area contributed by atoms with Gasteiger partial charge in [0.05, 0.1) is 0 Å². The quantitative estimate of drug-likeness (QED) is 0.771. The van der Waals surface area contributed by atoms with Crippen molar-refractivity contribution >= 4 is 5.78 Å². The van der Waals surface area contributed by atoms with Crippen molar-refractivity contribution in [3.05, 3.63) is 11.3 Å². The number of Topliss-reactive ketones (excluding diaryl/α,β-unsaturated/α-hetero) is 1. The molecule has 0 aromatic carbocycles. The Kier molecular flexibility index (Phi) is 5.43. The first-order chi connectivity index (χ1) is 8.50. The van der Waals surface area contributed by atoms with Crippen molar-refractivity contribution in [3.63, 3.8) is 0 Å². The molecule has 1 heterocycles. The summed E-state index contributed by atoms with van der Waals surface area (Å²) < 4.78 is 0. The Balaban J connectivity index is 3.24. The maximum Gasteiger partial charge on any atom is 0.160 e. The molecule has 1 aliphatic rings. The van der Waals surface area contributed by atoms with Crippen LogP contribution in [0.2, 0.25) is 0 Å². The Bertz CT molecular complexity index is 324. The van der Waals surface area contributed by atoms with Crippen molar-refractivity contribution in [2.45, 2.75) is 66.7 Å². The topological polar surface area (TPSA) is 29.1 Å². The second-order valence-electron chi connectivity index (χ2n) is 5.89. The summed E-state index contributed by atoms with van der Waals surface area (Å²) >= 11 is 0. The molecule has 1 aliphatic heterocycles. The van der Waals surface area contributed by atoms with E-state index in [9.17, 15) is 4.79 Å². The Morgan fingerprint density at radius 1 is 1.28 bits per heavy atom. The lowest BCUT2D eigenvalue weighted by Gasteiger charge is -2.40. The van der Waals surface area contributed by atoms with Crippen LogP contribution >= 0.6 is 0 Å². The van der Waals surface area contributed by atoms with Crippen LogP contribution < -0.4 is 5.32 Å². The molecule has 2 nitrogen and oxygen atoms in total. The molecule has 0 amide bonds. The first-order valence-electron chi connectivity index (χ1n) is 7.51. The highest BCUT2D eigenvalue weighted by Crippen LogP contribution is 2.43. The van der Waals surface area contributed by atoms with Gasteiger partial charge in [-0.1, -0.05) is 34.6 Å². The smallest absolute Gasteiger partial charge is 0.160 e. The summed E-state index contributed by atoms with van der Waals surface area (Å²) in [4.78, 5) is 12.4. The maximum absolute atomic E-state index is 12.4. The first-order valence-corrected chi connectivity index (χ1v) is 7.51. The van der Waals surface area contributed by atoms with Gasteiger partial charge in [0.25, 0.3) is 0 Å². The highest BCUT2D eigenvalue weighted by molar-refractivity contribution is 5.97. The highest BCUT2D eigenvalue weighted by atomic mass is 16.1. The summed E-state index contributed by atoms with van der Waals surface area (Å²) in [5.41, 5.74) is 2.48. The number of nitrogens with one attached hydrogen (secondary N) is 1. The zero-order valence-corrected chi connectivity index (χ0v) is 12.7. The van der Waals surface area contributed by atoms with E-state index in [4.69, 9.17) is 0 Å². The number of hydrogen-bond acceptors (Lipinski definition) is 2. The van der Waals surface area contributed by atoms with E-state index >= 15 is 0 Å². The van der Waals surface area contributed by atoms with E-state index in [0.29, 0.717) is 18.1 Å². The van der Waals surface area contributed by atoms with E-state index in [1.165, 1.54) is 5.70 Å². The largest absolute Gasteiger partial charge is 0.388 e. The van der Waals surface area contributed by atoms with E-state index in [0.717, 1.165) is 37.8 Å². The fraction of sp³-hybridized carbons (Fsp3) is 0.812. The average molecular weight is 251 g/mol. The second-order valence-corrected chi connectivity index (χ2v) is 5.89. The molecule has 0 aliphatic carbocycles. The summed E-state index contributed by atoms with van der Waals surface area (Å²) in [5, 5.41) is 3.50. The van der Waals surface area contributed by atoms with Gasteiger partial charge in [0.2, 0.25) is 0 Å². The minimum absolute atomic E-state index is 0.128. The van der Waals surface area contributed by atoms with Crippen molar-refractivity contribution in [3.8, 4) is 0 Å². The van der Waals surface area contributed by atoms with E-state index < -0.39 is 0 Å². The third-order valence-corrected chi connectivity index (χ3v) is 4.34. The fourth-order valence-electron chi connectivity index (χ4n) is 3.17. The third kappa shape index (κ3) is 2.96. The van der Waals surface area contributed by atoms with Crippen molar-refractivity contribution < 1.29 is 4.79 Å². The molecule has 0 fully saturated rings. The molecule has 0 aromatic heterocycles. The van der Waals surface area contributed by atoms with Gasteiger partial charge in [0, 0.05) is 29.7 Å². The molecule has 18 heavy (non-hydrogen) atoms. The van der Waals surface area contributed by atoms with Crippen LogP contribution in [0.1, 0.15) is 66.7 Å². The minimum Gasteiger partial charge on any atom is -0.388 e. The summed E-state index contributed by atoms with van der Waals surface area (Å²) in [7, 11) is 0. The SMILES string of the molecule is CCC(=O)C1=C(CC(C)C)NCCC1(CC)CC. The number of allylic oxidation sites excluding steroid dienone is 2. The van der Waals surface area contributed by atoms with Crippen LogP contribution in [-0.2, 0) is 4.79 Å². The third-order valence-electron chi connectivity index (χ3n) is 4.34. The first kappa shape index (κ1) is 15.3. The van der Waals surface area contributed by atoms with Crippen LogP contribution in [0.15, 0.2) is 11.3 Å². The van der Waals surface area contributed by atoms with Crippen molar-refractivity contribution in [1.29, 1.82) is 0 Å². The Morgan fingerprint density at radius 3 is 2.33 bits per heavy atom. The molecule has 1 N–H and O–H groups in total. The summed E-state index contributed by atoms with van der Waals surface area (Å²) in [6, 6.07) is 0. The zero-order chi connectivity index (χ0) is 13.8. The van der Waals surface area contributed by atoms with Crippen molar-refractivity contribution in [1.82, 2.24) is 5.32 Å². The molecule has 0 spiro atoms. The van der Waals surface area contributed by atoms with Crippen LogP contribution in [0.25, 0.3) is 0 Å². The molecule has 0 aromatic rings. The predicted octanol–water partition coefficient (Wildman–Crippen LogP) is 4.07. The monoisotopic (exact) mass is 251 g/mol. The normalized spacial score (nSPS) is 19.0. The lowest BCUT2D eigenvalue weighted by molar-refractivity contribution is -0.116. The van der Waals surface area contributed by atoms with Gasteiger partial charge in [-0.3, -0.25) is 4.79 Å². The summed E-state index contributed by atoms with van der Waals surface area (Å²) in [6.07, 6.45) is 4.88. The highest BCUT2D eigenvalue weighted by Gasteiger charge is 2.38. The van der Waals surface area contributed by atoms with Crippen LogP contribution in [0.3, 0.4) is 0 Å². The lowest BCUT2D eigenvalue weighted by atomic mass is 9.68. The number of carbonyl (C=O) groups excluding carboxylic acids is 1. The van der Waals surface area contributed by atoms with Crippen molar-refractivity contribution in [2.75, 3.05) is 6.54 Å². The van der Waals surface area contributed by atoms with E-state index in [1.807, 2.05) is 6.92 Å². The second kappa shape index (κ2) is 6.40. The molecular formula is C16H29NO. The van der Waals surface area contributed by atoms with Gasteiger partial charge in [-0.2, -0.15) is 0 Å². The van der Waals surface area contributed by atoms with Gasteiger partial charge in [-0.25, -0.2) is 0 Å². The molecule has 0 radical (unpaired) electrons. The van der Waals surface area contributed by atoms with E-state index in [1.54, 1.807) is 0 Å². The number of ketones is 1. The van der Waals surface area contributed by atoms with Crippen LogP contribution in [0.5, 0.6) is 0 Å². The van der Waals surface area contributed by atoms with Gasteiger partial charge >= 0.3 is 0 Å². The van der Waals surface area contributed by atoms with Gasteiger partial charge in [-0.15, -0.1) is 0 Å². The van der Waals surface area contributed by atoms with Gasteiger partial charge in [0.15, 0.2) is 5.78 Å². The predicted molar refractivity (Wildman–Crippen MR) is 77.4 cm³/mol. The molecule has 0 saturated carbocycles. The molecule has 0 unspecified atom stereocenters. The van der Waals surface area contributed by atoms with E-state index in [-0.39, 0.29) is 5.41 Å². The van der Waals surface area contributed by atoms with Crippen LogP contribution in [0.4, 0.5) is 0 Å². The van der Waals surface area contributed by atoms with Crippen LogP contribution in [-0.4, -0.2) is 12.3 Å². The summed E-state index contributed by atoms with van der Waals surface area (Å²) in [6.45, 7) is 11.9. The van der Waals surface area contributed by atoms with Gasteiger partial charge < -0.3 is 5.32 Å². The minimum atomic E-state index is 0.128. The Labute approximate surface area is 112 Å². The van der Waals surface area contributed by atoms with E-state index in [2.05, 4.69) is 33.0 Å².